The quantitative estimate of drug-likeness (QED) is 0.844. The Morgan fingerprint density at radius 2 is 1.90 bits per heavy atom. The molecule has 2 N–H and O–H groups in total. The summed E-state index contributed by atoms with van der Waals surface area (Å²) in [6.45, 7) is 3.09. The molecule has 4 heteroatoms. The van der Waals surface area contributed by atoms with Gasteiger partial charge in [-0.15, -0.1) is 0 Å². The third-order valence-corrected chi connectivity index (χ3v) is 4.21. The molecule has 1 fully saturated rings. The van der Waals surface area contributed by atoms with E-state index < -0.39 is 0 Å². The third kappa shape index (κ3) is 5.05. The summed E-state index contributed by atoms with van der Waals surface area (Å²) in [6.07, 6.45) is 4.56. The van der Waals surface area contributed by atoms with Crippen LogP contribution in [0.25, 0.3) is 0 Å². The molecule has 2 rings (SSSR count). The second-order valence-corrected chi connectivity index (χ2v) is 6.01. The van der Waals surface area contributed by atoms with Gasteiger partial charge in [0.2, 0.25) is 5.91 Å². The van der Waals surface area contributed by atoms with E-state index in [1.165, 1.54) is 12.8 Å². The number of rotatable bonds is 6. The largest absolute Gasteiger partial charge is 0.395 e. The maximum Gasteiger partial charge on any atom is 0.239 e. The first-order chi connectivity index (χ1) is 10.2. The van der Waals surface area contributed by atoms with Crippen LogP contribution in [0.5, 0.6) is 0 Å². The maximum absolute atomic E-state index is 12.2. The van der Waals surface area contributed by atoms with Gasteiger partial charge < -0.3 is 15.3 Å². The molecule has 0 radical (unpaired) electrons. The zero-order chi connectivity index (χ0) is 15.1. The number of nitrogens with zero attached hydrogens (tertiary/aromatic N) is 1. The number of benzene rings is 1. The fourth-order valence-electron chi connectivity index (χ4n) is 2.91. The molecule has 0 bridgehead atoms. The molecule has 0 atom stereocenters. The van der Waals surface area contributed by atoms with E-state index in [0.29, 0.717) is 19.1 Å². The minimum atomic E-state index is 0.0448. The Morgan fingerprint density at radius 3 is 2.52 bits per heavy atom. The molecule has 0 unspecified atom stereocenters. The van der Waals surface area contributed by atoms with Gasteiger partial charge in [0.25, 0.3) is 0 Å². The van der Waals surface area contributed by atoms with E-state index in [1.54, 1.807) is 0 Å². The van der Waals surface area contributed by atoms with Crippen molar-refractivity contribution in [3.63, 3.8) is 0 Å². The van der Waals surface area contributed by atoms with E-state index in [9.17, 15) is 9.90 Å². The zero-order valence-corrected chi connectivity index (χ0v) is 12.8. The number of carbonyl (C=O) groups excluding carboxylic acids is 1. The van der Waals surface area contributed by atoms with Crippen LogP contribution in [0, 0.1) is 5.92 Å². The lowest BCUT2D eigenvalue weighted by Crippen LogP contribution is -2.44. The summed E-state index contributed by atoms with van der Waals surface area (Å²) in [5, 5.41) is 12.3. The second kappa shape index (κ2) is 8.03. The molecule has 0 heterocycles. The monoisotopic (exact) mass is 290 g/mol. The molecular weight excluding hydrogens is 264 g/mol. The summed E-state index contributed by atoms with van der Waals surface area (Å²) >= 11 is 0. The van der Waals surface area contributed by atoms with Crippen LogP contribution in [0.1, 0.15) is 32.6 Å². The van der Waals surface area contributed by atoms with Crippen LogP contribution in [0.4, 0.5) is 5.69 Å². The van der Waals surface area contributed by atoms with E-state index >= 15 is 0 Å². The minimum Gasteiger partial charge on any atom is -0.395 e. The highest BCUT2D eigenvalue weighted by molar-refractivity contribution is 5.81. The Balaban J connectivity index is 1.86. The Bertz CT molecular complexity index is 428. The van der Waals surface area contributed by atoms with Gasteiger partial charge in [0.1, 0.15) is 0 Å². The average Bonchev–Trinajstić information content (AvgIpc) is 2.50. The summed E-state index contributed by atoms with van der Waals surface area (Å²) < 4.78 is 0. The van der Waals surface area contributed by atoms with E-state index in [4.69, 9.17) is 0 Å². The summed E-state index contributed by atoms with van der Waals surface area (Å²) in [4.78, 5) is 14.1. The van der Waals surface area contributed by atoms with Crippen LogP contribution in [0.15, 0.2) is 30.3 Å². The van der Waals surface area contributed by atoms with Crippen molar-refractivity contribution in [3.8, 4) is 0 Å². The predicted octanol–water partition coefficient (Wildman–Crippen LogP) is 2.18. The molecule has 21 heavy (non-hydrogen) atoms. The predicted molar refractivity (Wildman–Crippen MR) is 85.3 cm³/mol. The van der Waals surface area contributed by atoms with E-state index in [2.05, 4.69) is 12.2 Å². The van der Waals surface area contributed by atoms with Crippen molar-refractivity contribution >= 4 is 11.6 Å². The van der Waals surface area contributed by atoms with Crippen LogP contribution in [-0.2, 0) is 4.79 Å². The van der Waals surface area contributed by atoms with Crippen LogP contribution >= 0.6 is 0 Å². The van der Waals surface area contributed by atoms with Crippen molar-refractivity contribution in [1.29, 1.82) is 0 Å². The van der Waals surface area contributed by atoms with Gasteiger partial charge in [-0.25, -0.2) is 0 Å². The Labute approximate surface area is 127 Å². The van der Waals surface area contributed by atoms with Crippen LogP contribution in [0.3, 0.4) is 0 Å². The number of para-hydroxylation sites is 1. The molecular formula is C17H26N2O2. The van der Waals surface area contributed by atoms with Crippen LogP contribution in [0.2, 0.25) is 0 Å². The Morgan fingerprint density at radius 1 is 1.24 bits per heavy atom. The van der Waals surface area contributed by atoms with Crippen molar-refractivity contribution < 1.29 is 9.90 Å². The molecule has 0 saturated heterocycles. The second-order valence-electron chi connectivity index (χ2n) is 6.01. The van der Waals surface area contributed by atoms with Crippen molar-refractivity contribution in [2.75, 3.05) is 24.6 Å². The Hall–Kier alpha value is -1.55. The van der Waals surface area contributed by atoms with Gasteiger partial charge in [0, 0.05) is 18.3 Å². The van der Waals surface area contributed by atoms with Gasteiger partial charge in [-0.1, -0.05) is 25.1 Å². The standard InChI is InChI=1S/C17H26N2O2/c1-14-7-9-15(10-8-14)18-17(21)13-19(11-12-20)16-5-3-2-4-6-16/h2-6,14-15,20H,7-13H2,1H3,(H,18,21). The van der Waals surface area contributed by atoms with Crippen molar-refractivity contribution in [2.24, 2.45) is 5.92 Å². The molecule has 1 aromatic carbocycles. The van der Waals surface area contributed by atoms with Crippen molar-refractivity contribution in [3.05, 3.63) is 30.3 Å². The molecule has 4 nitrogen and oxygen atoms in total. The molecule has 1 aliphatic rings. The fourth-order valence-corrected chi connectivity index (χ4v) is 2.91. The first-order valence-electron chi connectivity index (χ1n) is 7.89. The highest BCUT2D eigenvalue weighted by Gasteiger charge is 2.20. The highest BCUT2D eigenvalue weighted by atomic mass is 16.3. The van der Waals surface area contributed by atoms with Gasteiger partial charge in [-0.05, 0) is 43.7 Å². The number of hydrogen-bond acceptors (Lipinski definition) is 3. The Kier molecular flexibility index (Phi) is 6.05. The average molecular weight is 290 g/mol. The van der Waals surface area contributed by atoms with Crippen LogP contribution in [-0.4, -0.2) is 36.8 Å². The molecule has 116 valence electrons. The lowest BCUT2D eigenvalue weighted by atomic mass is 9.87. The smallest absolute Gasteiger partial charge is 0.239 e. The number of aliphatic hydroxyl groups is 1. The number of carbonyl (C=O) groups is 1. The lowest BCUT2D eigenvalue weighted by molar-refractivity contribution is -0.120. The molecule has 1 amide bonds. The van der Waals surface area contributed by atoms with Gasteiger partial charge in [-0.3, -0.25) is 4.79 Å². The number of amides is 1. The zero-order valence-electron chi connectivity index (χ0n) is 12.8. The van der Waals surface area contributed by atoms with Gasteiger partial charge in [0.15, 0.2) is 0 Å². The van der Waals surface area contributed by atoms with E-state index in [1.807, 2.05) is 35.2 Å². The topological polar surface area (TPSA) is 52.6 Å². The molecule has 0 aliphatic heterocycles. The summed E-state index contributed by atoms with van der Waals surface area (Å²) in [5.41, 5.74) is 0.971. The maximum atomic E-state index is 12.2. The number of aliphatic hydroxyl groups excluding tert-OH is 1. The van der Waals surface area contributed by atoms with Gasteiger partial charge in [-0.2, -0.15) is 0 Å². The normalized spacial score (nSPS) is 21.8. The molecule has 1 aromatic rings. The molecule has 1 aliphatic carbocycles. The van der Waals surface area contributed by atoms with Gasteiger partial charge in [0.05, 0.1) is 13.2 Å². The van der Waals surface area contributed by atoms with Crippen molar-refractivity contribution in [1.82, 2.24) is 5.32 Å². The number of nitrogens with one attached hydrogen (secondary N) is 1. The summed E-state index contributed by atoms with van der Waals surface area (Å²) in [7, 11) is 0. The summed E-state index contributed by atoms with van der Waals surface area (Å²) in [6, 6.07) is 10.1. The SMILES string of the molecule is CC1CCC(NC(=O)CN(CCO)c2ccccc2)CC1. The van der Waals surface area contributed by atoms with E-state index in [-0.39, 0.29) is 12.5 Å². The number of hydrogen-bond donors (Lipinski definition) is 2. The van der Waals surface area contributed by atoms with Crippen LogP contribution < -0.4 is 10.2 Å². The minimum absolute atomic E-state index is 0.0448. The molecule has 0 spiro atoms. The number of anilines is 1. The molecule has 0 aromatic heterocycles. The first kappa shape index (κ1) is 15.8. The lowest BCUT2D eigenvalue weighted by Gasteiger charge is -2.29. The van der Waals surface area contributed by atoms with E-state index in [0.717, 1.165) is 24.4 Å². The highest BCUT2D eigenvalue weighted by Crippen LogP contribution is 2.23. The fraction of sp³-hybridized carbons (Fsp3) is 0.588. The van der Waals surface area contributed by atoms with Crippen molar-refractivity contribution in [2.45, 2.75) is 38.6 Å². The molecule has 1 saturated carbocycles. The van der Waals surface area contributed by atoms with Gasteiger partial charge >= 0.3 is 0 Å². The third-order valence-electron chi connectivity index (χ3n) is 4.21. The summed E-state index contributed by atoms with van der Waals surface area (Å²) in [5.74, 6) is 0.834. The first-order valence-corrected chi connectivity index (χ1v) is 7.89.